The molecule has 1 spiro atoms. The Balaban J connectivity index is 0.000000183. The summed E-state index contributed by atoms with van der Waals surface area (Å²) >= 11 is 0. The molecule has 1 unspecified atom stereocenters. The molecule has 1 heteroatoms. The molecule has 15 rings (SSSR count). The van der Waals surface area contributed by atoms with E-state index in [9.17, 15) is 0 Å². The van der Waals surface area contributed by atoms with Crippen LogP contribution in [0.4, 0.5) is 17.1 Å². The van der Waals surface area contributed by atoms with E-state index in [0.717, 1.165) is 29.9 Å². The third kappa shape index (κ3) is 9.28. The summed E-state index contributed by atoms with van der Waals surface area (Å²) in [5.74, 6) is 0. The molecule has 0 saturated heterocycles. The molecule has 0 N–H and O–H groups in total. The standard InChI is InChI=1S/C54H45N.C16H16.C13H12/c1-36-26-30-49-45(33-36)43-21-10-13-23-47(43)54(49)48-24-14-11-22-44(48)46-34-39(28-31-50(46)54)55(52-25-15-12-20-42(52)38-18-8-5-9-19-38)40-27-29-41-37(2)17-7-6-16-32-53(3,4)51(41)35-40;1-11-8-9-13-12-6-4-5-7-14(12)16(2,3)15(13)10-11;1-11-7-5-6-10-13(11)12-8-3-2-4-9-12/h5-25,27-29,31-35H,26,30H2,1-4H3;4-10H,1-3H3;2-10H,1H3/b7-6-,32-16?,37-17+;;. The third-order valence-corrected chi connectivity index (χ3v) is 18.5. The Morgan fingerprint density at radius 3 is 1.62 bits per heavy atom. The summed E-state index contributed by atoms with van der Waals surface area (Å²) in [5, 5.41) is 0. The molecule has 0 saturated carbocycles. The molecule has 5 aliphatic carbocycles. The fraction of sp³-hybridized carbons (Fsp3) is 0.157. The van der Waals surface area contributed by atoms with E-state index in [0.29, 0.717) is 0 Å². The maximum absolute atomic E-state index is 2.50. The van der Waals surface area contributed by atoms with Crippen molar-refractivity contribution in [1.82, 2.24) is 0 Å². The summed E-state index contributed by atoms with van der Waals surface area (Å²) in [5.41, 5.74) is 33.1. The molecule has 0 aromatic heterocycles. The van der Waals surface area contributed by atoms with Crippen molar-refractivity contribution in [1.29, 1.82) is 0 Å². The number of rotatable bonds is 5. The highest BCUT2D eigenvalue weighted by atomic mass is 15.1. The Kier molecular flexibility index (Phi) is 14.0. The maximum atomic E-state index is 2.50. The van der Waals surface area contributed by atoms with Crippen LogP contribution in [0.1, 0.15) is 110 Å². The summed E-state index contributed by atoms with van der Waals surface area (Å²) in [6.45, 7) is 18.1. The van der Waals surface area contributed by atoms with Gasteiger partial charge in [0.1, 0.15) is 0 Å². The Morgan fingerprint density at radius 2 is 0.905 bits per heavy atom. The molecule has 0 fully saturated rings. The van der Waals surface area contributed by atoms with Gasteiger partial charge in [0.05, 0.1) is 11.1 Å². The zero-order chi connectivity index (χ0) is 57.7. The first-order valence-electron chi connectivity index (χ1n) is 30.0. The molecule has 0 bridgehead atoms. The number of aryl methyl sites for hydroxylation is 2. The zero-order valence-electron chi connectivity index (χ0n) is 49.8. The predicted octanol–water partition coefficient (Wildman–Crippen LogP) is 22.4. The fourth-order valence-electron chi connectivity index (χ4n) is 14.3. The van der Waals surface area contributed by atoms with E-state index < -0.39 is 0 Å². The van der Waals surface area contributed by atoms with Crippen molar-refractivity contribution in [3.63, 3.8) is 0 Å². The lowest BCUT2D eigenvalue weighted by Crippen LogP contribution is -2.28. The molecular weight excluding hydrogens is 1010 g/mol. The zero-order valence-corrected chi connectivity index (χ0v) is 49.8. The van der Waals surface area contributed by atoms with Gasteiger partial charge in [0.25, 0.3) is 0 Å². The van der Waals surface area contributed by atoms with Gasteiger partial charge in [-0.15, -0.1) is 0 Å². The summed E-state index contributed by atoms with van der Waals surface area (Å²) in [7, 11) is 0. The van der Waals surface area contributed by atoms with E-state index in [1.54, 1.807) is 5.57 Å². The van der Waals surface area contributed by atoms with Crippen LogP contribution in [-0.4, -0.2) is 0 Å². The Bertz CT molecular complexity index is 4340. The molecule has 410 valence electrons. The molecule has 84 heavy (non-hydrogen) atoms. The van der Waals surface area contributed by atoms with Gasteiger partial charge < -0.3 is 4.90 Å². The van der Waals surface area contributed by atoms with Gasteiger partial charge in [0.15, 0.2) is 0 Å². The predicted molar refractivity (Wildman–Crippen MR) is 359 cm³/mol. The van der Waals surface area contributed by atoms with Crippen LogP contribution in [-0.2, 0) is 16.2 Å². The van der Waals surface area contributed by atoms with Crippen molar-refractivity contribution in [2.75, 3.05) is 4.90 Å². The average Bonchev–Trinajstić information content (AvgIpc) is 1.59. The number of para-hydroxylation sites is 1. The summed E-state index contributed by atoms with van der Waals surface area (Å²) < 4.78 is 0. The van der Waals surface area contributed by atoms with E-state index in [2.05, 4.69) is 327 Å². The van der Waals surface area contributed by atoms with E-state index in [1.165, 1.54) is 117 Å². The lowest BCUT2D eigenvalue weighted by Gasteiger charge is -2.34. The molecule has 0 amide bonds. The van der Waals surface area contributed by atoms with Crippen molar-refractivity contribution in [3.8, 4) is 44.5 Å². The van der Waals surface area contributed by atoms with Gasteiger partial charge in [-0.05, 0) is 177 Å². The molecule has 1 nitrogen and oxygen atoms in total. The SMILES string of the molecule is CC1=CC2=C(CC1)C1(c3ccccc32)c2ccccc2-c2cc(N(c3ccc4c(c3)C(C)(C)C=C/C=C\C=C\4C)c3ccccc3-c3ccccc3)ccc21.Cc1ccc2c(c1)C(C)(C)c1ccccc1-2.Cc1ccccc1-c1ccccc1. The van der Waals surface area contributed by atoms with Crippen molar-refractivity contribution < 1.29 is 0 Å². The minimum atomic E-state index is -0.296. The molecule has 5 aliphatic rings. The lowest BCUT2D eigenvalue weighted by atomic mass is 9.68. The van der Waals surface area contributed by atoms with Crippen LogP contribution in [0.25, 0.3) is 55.7 Å². The minimum absolute atomic E-state index is 0.151. The number of hydrogen-bond donors (Lipinski definition) is 0. The highest BCUT2D eigenvalue weighted by Crippen LogP contribution is 2.64. The minimum Gasteiger partial charge on any atom is -0.310 e. The van der Waals surface area contributed by atoms with E-state index >= 15 is 0 Å². The second kappa shape index (κ2) is 21.8. The smallest absolute Gasteiger partial charge is 0.0688 e. The van der Waals surface area contributed by atoms with Crippen LogP contribution in [0.15, 0.2) is 284 Å². The molecule has 1 atom stereocenters. The molecule has 0 heterocycles. The molecular formula is C83H73N. The summed E-state index contributed by atoms with van der Waals surface area (Å²) in [6.07, 6.45) is 15.7. The first-order valence-corrected chi connectivity index (χ1v) is 30.0. The number of fused-ring (bicyclic) bond motifs is 13. The van der Waals surface area contributed by atoms with Crippen LogP contribution >= 0.6 is 0 Å². The number of benzene rings is 10. The molecule has 0 aliphatic heterocycles. The fourth-order valence-corrected chi connectivity index (χ4v) is 14.3. The van der Waals surface area contributed by atoms with Crippen LogP contribution in [0, 0.1) is 13.8 Å². The molecule has 10 aromatic rings. The van der Waals surface area contributed by atoms with Crippen molar-refractivity contribution in [2.45, 2.75) is 84.5 Å². The van der Waals surface area contributed by atoms with Gasteiger partial charge in [0, 0.05) is 27.8 Å². The highest BCUT2D eigenvalue weighted by Gasteiger charge is 2.53. The van der Waals surface area contributed by atoms with Gasteiger partial charge in [0.2, 0.25) is 0 Å². The summed E-state index contributed by atoms with van der Waals surface area (Å²) in [6, 6.07) is 87.0. The monoisotopic (exact) mass is 1080 g/mol. The normalized spacial score (nSPS) is 17.7. The maximum Gasteiger partial charge on any atom is 0.0688 e. The van der Waals surface area contributed by atoms with Gasteiger partial charge in [-0.2, -0.15) is 0 Å². The number of allylic oxidation sites excluding steroid dienone is 10. The summed E-state index contributed by atoms with van der Waals surface area (Å²) in [4.78, 5) is 2.50. The van der Waals surface area contributed by atoms with Crippen molar-refractivity contribution >= 4 is 28.2 Å². The van der Waals surface area contributed by atoms with Crippen molar-refractivity contribution in [2.24, 2.45) is 0 Å². The third-order valence-electron chi connectivity index (χ3n) is 18.5. The molecule has 0 radical (unpaired) electrons. The number of nitrogens with zero attached hydrogens (tertiary/aromatic N) is 1. The second-order valence-corrected chi connectivity index (χ2v) is 24.6. The van der Waals surface area contributed by atoms with Crippen LogP contribution in [0.5, 0.6) is 0 Å². The first kappa shape index (κ1) is 54.0. The van der Waals surface area contributed by atoms with E-state index in [-0.39, 0.29) is 16.2 Å². The van der Waals surface area contributed by atoms with Gasteiger partial charge in [-0.25, -0.2) is 0 Å². The number of anilines is 3. The van der Waals surface area contributed by atoms with Gasteiger partial charge in [-0.1, -0.05) is 282 Å². The first-order chi connectivity index (χ1) is 40.8. The average molecular weight is 1080 g/mol. The van der Waals surface area contributed by atoms with E-state index in [1.807, 2.05) is 6.07 Å². The Morgan fingerprint density at radius 1 is 0.369 bits per heavy atom. The lowest BCUT2D eigenvalue weighted by molar-refractivity contribution is 0.660. The highest BCUT2D eigenvalue weighted by molar-refractivity contribution is 5.99. The van der Waals surface area contributed by atoms with E-state index in [4.69, 9.17) is 0 Å². The quantitative estimate of drug-likeness (QED) is 0.166. The topological polar surface area (TPSA) is 3.24 Å². The van der Waals surface area contributed by atoms with Crippen LogP contribution < -0.4 is 4.90 Å². The Labute approximate surface area is 499 Å². The number of hydrogen-bond acceptors (Lipinski definition) is 1. The second-order valence-electron chi connectivity index (χ2n) is 24.6. The molecule has 10 aromatic carbocycles. The van der Waals surface area contributed by atoms with Gasteiger partial charge >= 0.3 is 0 Å². The van der Waals surface area contributed by atoms with Crippen molar-refractivity contribution in [3.05, 3.63) is 340 Å². The Hall–Kier alpha value is -9.30. The van der Waals surface area contributed by atoms with Crippen LogP contribution in [0.3, 0.4) is 0 Å². The largest absolute Gasteiger partial charge is 0.310 e. The van der Waals surface area contributed by atoms with Gasteiger partial charge in [-0.3, -0.25) is 0 Å². The van der Waals surface area contributed by atoms with Crippen LogP contribution in [0.2, 0.25) is 0 Å².